The van der Waals surface area contributed by atoms with Gasteiger partial charge in [0.1, 0.15) is 0 Å². The Hall–Kier alpha value is -7.08. The first kappa shape index (κ1) is 31.5. The van der Waals surface area contributed by atoms with E-state index >= 15 is 0 Å². The SMILES string of the molecule is O=C(O)c1ccc(N=Nc2c(O)n(Cc3ccc(Cn4c(O)c(N=Nc5ccc(C(=O)O)cc5)c5ccccc54)cc3)c3ccccc23)cc1. The molecule has 5 aromatic carbocycles. The summed E-state index contributed by atoms with van der Waals surface area (Å²) in [7, 11) is 0. The largest absolute Gasteiger partial charge is 0.493 e. The highest BCUT2D eigenvalue weighted by atomic mass is 16.4. The molecule has 0 amide bonds. The minimum Gasteiger partial charge on any atom is -0.493 e. The van der Waals surface area contributed by atoms with Crippen LogP contribution in [0, 0.1) is 0 Å². The number of carboxylic acids is 2. The van der Waals surface area contributed by atoms with Gasteiger partial charge in [-0.05, 0) is 71.8 Å². The number of para-hydroxylation sites is 2. The average Bonchev–Trinajstić information content (AvgIpc) is 3.55. The molecular formula is C38H28N6O6. The van der Waals surface area contributed by atoms with Crippen LogP contribution in [-0.4, -0.2) is 41.5 Å². The summed E-state index contributed by atoms with van der Waals surface area (Å²) in [6.07, 6.45) is 0. The molecule has 0 fully saturated rings. The number of hydrogen-bond acceptors (Lipinski definition) is 8. The van der Waals surface area contributed by atoms with Gasteiger partial charge >= 0.3 is 11.9 Å². The molecule has 0 saturated carbocycles. The summed E-state index contributed by atoms with van der Waals surface area (Å²) in [6.45, 7) is 0.705. The Labute approximate surface area is 284 Å². The molecule has 50 heavy (non-hydrogen) atoms. The van der Waals surface area contributed by atoms with Gasteiger partial charge in [0.05, 0.1) is 46.6 Å². The zero-order chi connectivity index (χ0) is 34.8. The van der Waals surface area contributed by atoms with Crippen molar-refractivity contribution < 1.29 is 30.0 Å². The predicted molar refractivity (Wildman–Crippen MR) is 187 cm³/mol. The van der Waals surface area contributed by atoms with E-state index in [2.05, 4.69) is 20.5 Å². The molecule has 246 valence electrons. The summed E-state index contributed by atoms with van der Waals surface area (Å²) < 4.78 is 3.51. The number of carboxylic acid groups (broad SMARTS) is 2. The summed E-state index contributed by atoms with van der Waals surface area (Å²) >= 11 is 0. The standard InChI is InChI=1S/C38H28N6O6/c45-35-33(41-39-27-17-13-25(14-18-27)37(47)48)29-5-1-3-7-31(29)43(35)21-23-9-11-24(12-10-23)22-44-32-8-4-2-6-30(32)34(36(44)46)42-40-28-19-15-26(16-20-28)38(49)50/h1-20,45-46H,21-22H2,(H,47,48)(H,49,50). The summed E-state index contributed by atoms with van der Waals surface area (Å²) in [6, 6.07) is 34.8. The van der Waals surface area contributed by atoms with Crippen molar-refractivity contribution in [2.24, 2.45) is 20.5 Å². The highest BCUT2D eigenvalue weighted by Crippen LogP contribution is 2.41. The lowest BCUT2D eigenvalue weighted by atomic mass is 10.1. The third kappa shape index (κ3) is 6.16. The maximum atomic E-state index is 11.3. The Balaban J connectivity index is 1.13. The Morgan fingerprint density at radius 3 is 1.20 bits per heavy atom. The van der Waals surface area contributed by atoms with Crippen LogP contribution in [0.15, 0.2) is 142 Å². The molecule has 0 spiro atoms. The first-order valence-electron chi connectivity index (χ1n) is 15.4. The maximum Gasteiger partial charge on any atom is 0.335 e. The molecule has 0 aliphatic heterocycles. The lowest BCUT2D eigenvalue weighted by Crippen LogP contribution is -2.01. The van der Waals surface area contributed by atoms with Crippen LogP contribution >= 0.6 is 0 Å². The molecule has 7 aromatic rings. The number of aromatic nitrogens is 2. The van der Waals surface area contributed by atoms with Crippen molar-refractivity contribution in [1.29, 1.82) is 0 Å². The Bertz CT molecular complexity index is 2270. The third-order valence-electron chi connectivity index (χ3n) is 8.30. The average molecular weight is 665 g/mol. The lowest BCUT2D eigenvalue weighted by molar-refractivity contribution is 0.0686. The molecule has 12 nitrogen and oxygen atoms in total. The van der Waals surface area contributed by atoms with Crippen LogP contribution in [0.3, 0.4) is 0 Å². The van der Waals surface area contributed by atoms with Crippen LogP contribution in [0.1, 0.15) is 31.8 Å². The second-order valence-corrected chi connectivity index (χ2v) is 11.5. The van der Waals surface area contributed by atoms with E-state index in [0.717, 1.165) is 22.2 Å². The zero-order valence-corrected chi connectivity index (χ0v) is 26.2. The van der Waals surface area contributed by atoms with Crippen LogP contribution in [0.2, 0.25) is 0 Å². The predicted octanol–water partition coefficient (Wildman–Crippen LogP) is 9.33. The molecule has 2 heterocycles. The number of benzene rings is 5. The van der Waals surface area contributed by atoms with Crippen molar-refractivity contribution in [1.82, 2.24) is 9.13 Å². The molecule has 4 N–H and O–H groups in total. The van der Waals surface area contributed by atoms with Crippen molar-refractivity contribution in [3.63, 3.8) is 0 Å². The normalized spacial score (nSPS) is 11.7. The second kappa shape index (κ2) is 13.2. The maximum absolute atomic E-state index is 11.3. The number of aromatic hydroxyl groups is 2. The summed E-state index contributed by atoms with van der Waals surface area (Å²) in [5, 5.41) is 59.3. The molecule has 2 aromatic heterocycles. The lowest BCUT2D eigenvalue weighted by Gasteiger charge is -2.10. The Morgan fingerprint density at radius 1 is 0.480 bits per heavy atom. The second-order valence-electron chi connectivity index (χ2n) is 11.5. The van der Waals surface area contributed by atoms with Gasteiger partial charge in [-0.2, -0.15) is 10.2 Å². The van der Waals surface area contributed by atoms with Crippen LogP contribution < -0.4 is 0 Å². The molecule has 0 unspecified atom stereocenters. The topological polar surface area (TPSA) is 174 Å². The Kier molecular flexibility index (Phi) is 8.32. The number of carbonyl (C=O) groups is 2. The van der Waals surface area contributed by atoms with Gasteiger partial charge < -0.3 is 29.6 Å². The van der Waals surface area contributed by atoms with Gasteiger partial charge in [0.2, 0.25) is 11.8 Å². The van der Waals surface area contributed by atoms with Gasteiger partial charge in [0.15, 0.2) is 11.4 Å². The molecule has 0 saturated heterocycles. The number of rotatable bonds is 10. The van der Waals surface area contributed by atoms with Gasteiger partial charge in [0, 0.05) is 10.8 Å². The van der Waals surface area contributed by atoms with Gasteiger partial charge in [-0.1, -0.05) is 60.7 Å². The number of azo groups is 2. The van der Waals surface area contributed by atoms with Gasteiger partial charge in [-0.3, -0.25) is 0 Å². The van der Waals surface area contributed by atoms with Crippen molar-refractivity contribution in [3.05, 3.63) is 144 Å². The monoisotopic (exact) mass is 664 g/mol. The molecule has 0 aliphatic rings. The highest BCUT2D eigenvalue weighted by molar-refractivity contribution is 5.96. The highest BCUT2D eigenvalue weighted by Gasteiger charge is 2.19. The molecule has 0 bridgehead atoms. The Morgan fingerprint density at radius 2 is 0.840 bits per heavy atom. The molecule has 0 atom stereocenters. The smallest absolute Gasteiger partial charge is 0.335 e. The van der Waals surface area contributed by atoms with Crippen LogP contribution in [-0.2, 0) is 13.1 Å². The van der Waals surface area contributed by atoms with E-state index in [1.807, 2.05) is 72.8 Å². The fourth-order valence-corrected chi connectivity index (χ4v) is 5.73. The minimum atomic E-state index is -1.03. The number of hydrogen-bond donors (Lipinski definition) is 4. The van der Waals surface area contributed by atoms with Crippen LogP contribution in [0.25, 0.3) is 21.8 Å². The summed E-state index contributed by atoms with van der Waals surface area (Å²) in [5.41, 5.74) is 5.17. The first-order valence-corrected chi connectivity index (χ1v) is 15.4. The van der Waals surface area contributed by atoms with Gasteiger partial charge in [-0.25, -0.2) is 9.59 Å². The molecule has 7 rings (SSSR count). The van der Waals surface area contributed by atoms with Crippen molar-refractivity contribution in [2.75, 3.05) is 0 Å². The van der Waals surface area contributed by atoms with Gasteiger partial charge in [0.25, 0.3) is 0 Å². The molecule has 0 aliphatic carbocycles. The fourth-order valence-electron chi connectivity index (χ4n) is 5.73. The minimum absolute atomic E-state index is 0.0514. The van der Waals surface area contributed by atoms with Crippen molar-refractivity contribution >= 4 is 56.5 Å². The van der Waals surface area contributed by atoms with E-state index in [-0.39, 0.29) is 22.9 Å². The third-order valence-corrected chi connectivity index (χ3v) is 8.30. The van der Waals surface area contributed by atoms with Crippen LogP contribution in [0.5, 0.6) is 11.8 Å². The molecule has 0 radical (unpaired) electrons. The van der Waals surface area contributed by atoms with E-state index < -0.39 is 11.9 Å². The number of nitrogens with zero attached hydrogens (tertiary/aromatic N) is 6. The van der Waals surface area contributed by atoms with E-state index in [4.69, 9.17) is 10.2 Å². The fraction of sp³-hybridized carbons (Fsp3) is 0.0526. The summed E-state index contributed by atoms with van der Waals surface area (Å²) in [4.78, 5) is 22.3. The zero-order valence-electron chi connectivity index (χ0n) is 26.2. The van der Waals surface area contributed by atoms with Crippen molar-refractivity contribution in [3.8, 4) is 11.8 Å². The van der Waals surface area contributed by atoms with E-state index in [1.54, 1.807) is 33.4 Å². The van der Waals surface area contributed by atoms with E-state index in [0.29, 0.717) is 46.6 Å². The summed E-state index contributed by atoms with van der Waals surface area (Å²) in [5.74, 6) is -2.17. The first-order chi connectivity index (χ1) is 24.3. The van der Waals surface area contributed by atoms with Crippen LogP contribution in [0.4, 0.5) is 22.7 Å². The van der Waals surface area contributed by atoms with E-state index in [9.17, 15) is 19.8 Å². The van der Waals surface area contributed by atoms with E-state index in [1.165, 1.54) is 24.3 Å². The number of aromatic carboxylic acids is 2. The van der Waals surface area contributed by atoms with Crippen molar-refractivity contribution in [2.45, 2.75) is 13.1 Å². The number of fused-ring (bicyclic) bond motifs is 2. The quantitative estimate of drug-likeness (QED) is 0.106. The molecular weight excluding hydrogens is 636 g/mol. The molecule has 12 heteroatoms. The van der Waals surface area contributed by atoms with Gasteiger partial charge in [-0.15, -0.1) is 10.2 Å².